The second-order valence-corrected chi connectivity index (χ2v) is 11.4. The summed E-state index contributed by atoms with van der Waals surface area (Å²) in [6.07, 6.45) is -4.18. The van der Waals surface area contributed by atoms with Gasteiger partial charge in [0, 0.05) is 43.3 Å². The van der Waals surface area contributed by atoms with Crippen LogP contribution in [-0.2, 0) is 25.5 Å². The summed E-state index contributed by atoms with van der Waals surface area (Å²) < 4.78 is 23.0. The van der Waals surface area contributed by atoms with E-state index in [-0.39, 0.29) is 49.0 Å². The average molecular weight is 741 g/mol. The Balaban J connectivity index is 1.97. The Bertz CT molecular complexity index is 1470. The number of benzene rings is 2. The van der Waals surface area contributed by atoms with E-state index in [2.05, 4.69) is 31.9 Å². The van der Waals surface area contributed by atoms with E-state index in [0.29, 0.717) is 21.3 Å². The van der Waals surface area contributed by atoms with Gasteiger partial charge in [-0.15, -0.1) is 23.2 Å². The van der Waals surface area contributed by atoms with E-state index in [0.717, 1.165) is 0 Å². The number of carbonyl (C=O) groups is 4. The number of alkyl halides is 2. The first-order chi connectivity index (χ1) is 22.1. The largest absolute Gasteiger partial charge is 0.497 e. The molecular formula is C30H32BrCl2N5O8. The third-order valence-electron chi connectivity index (χ3n) is 6.57. The van der Waals surface area contributed by atoms with Crippen LogP contribution in [0.4, 0.5) is 9.59 Å². The highest BCUT2D eigenvalue weighted by Crippen LogP contribution is 2.32. The van der Waals surface area contributed by atoms with Gasteiger partial charge in [-0.2, -0.15) is 5.26 Å². The number of nitrogens with one attached hydrogen (secondary N) is 3. The van der Waals surface area contributed by atoms with Crippen molar-refractivity contribution in [3.8, 4) is 17.6 Å². The van der Waals surface area contributed by atoms with Crippen molar-refractivity contribution in [3.63, 3.8) is 0 Å². The summed E-state index contributed by atoms with van der Waals surface area (Å²) in [7, 11) is 1.52. The maximum atomic E-state index is 13.6. The molecule has 2 aromatic rings. The molecule has 0 saturated carbocycles. The maximum absolute atomic E-state index is 13.6. The molecule has 13 nitrogen and oxygen atoms in total. The van der Waals surface area contributed by atoms with Gasteiger partial charge in [0.2, 0.25) is 11.8 Å². The standard InChI is InChI=1S/C30H32BrCl2N5O8/c1-43-20-5-2-17(3-6-20)13-22(27(35)39)38-28(40)19-14-24(44-23-7-4-18(16-34)12-21(23)31)26(46-30(42)37-11-9-33)25(15-19)45-29(41)36-10-8-32/h2-7,12,14,22,24-26H,8-11,13,15H2,1H3,(H2,35,39)(H,36,41)(H,37,42)(H,38,40)/t22-,24+,25+,26-/m0/s1. The predicted octanol–water partition coefficient (Wildman–Crippen LogP) is 3.29. The van der Waals surface area contributed by atoms with Gasteiger partial charge in [0.05, 0.1) is 23.2 Å². The lowest BCUT2D eigenvalue weighted by Crippen LogP contribution is -2.52. The molecule has 246 valence electrons. The molecule has 0 spiro atoms. The first kappa shape index (κ1) is 36.3. The van der Waals surface area contributed by atoms with E-state index in [1.54, 1.807) is 24.3 Å². The van der Waals surface area contributed by atoms with Crippen molar-refractivity contribution < 1.29 is 38.1 Å². The molecule has 16 heteroatoms. The van der Waals surface area contributed by atoms with Crippen LogP contribution < -0.4 is 31.2 Å². The lowest BCUT2D eigenvalue weighted by atomic mass is 9.90. The van der Waals surface area contributed by atoms with Gasteiger partial charge in [-0.25, -0.2) is 9.59 Å². The molecule has 46 heavy (non-hydrogen) atoms. The molecule has 5 N–H and O–H groups in total. The van der Waals surface area contributed by atoms with Crippen LogP contribution in [0.3, 0.4) is 0 Å². The summed E-state index contributed by atoms with van der Waals surface area (Å²) >= 11 is 14.7. The minimum Gasteiger partial charge on any atom is -0.497 e. The molecule has 1 aliphatic carbocycles. The monoisotopic (exact) mass is 739 g/mol. The Hall–Kier alpha value is -4.19. The van der Waals surface area contributed by atoms with Crippen LogP contribution in [0.15, 0.2) is 58.6 Å². The number of ether oxygens (including phenoxy) is 4. The molecular weight excluding hydrogens is 709 g/mol. The van der Waals surface area contributed by atoms with Crippen LogP contribution in [-0.4, -0.2) is 80.3 Å². The SMILES string of the molecule is COc1ccc(C[C@H](NC(=O)C2=C[C@@H](Oc3ccc(C#N)cc3Br)[C@H](OC(=O)NCCCl)[C@H](OC(=O)NCCCl)C2)C(N)=O)cc1. The van der Waals surface area contributed by atoms with E-state index < -0.39 is 48.4 Å². The molecule has 0 aromatic heterocycles. The quantitative estimate of drug-likeness (QED) is 0.211. The molecule has 0 saturated heterocycles. The lowest BCUT2D eigenvalue weighted by molar-refractivity contribution is -0.126. The van der Waals surface area contributed by atoms with Crippen molar-refractivity contribution in [2.75, 3.05) is 32.0 Å². The van der Waals surface area contributed by atoms with E-state index in [9.17, 15) is 24.4 Å². The zero-order valence-corrected chi connectivity index (χ0v) is 27.7. The Morgan fingerprint density at radius 3 is 2.26 bits per heavy atom. The molecule has 0 unspecified atom stereocenters. The summed E-state index contributed by atoms with van der Waals surface area (Å²) in [5.41, 5.74) is 6.75. The molecule has 4 amide bonds. The smallest absolute Gasteiger partial charge is 0.407 e. The minimum atomic E-state index is -1.26. The van der Waals surface area contributed by atoms with Crippen molar-refractivity contribution in [2.24, 2.45) is 5.73 Å². The zero-order valence-electron chi connectivity index (χ0n) is 24.6. The second-order valence-electron chi connectivity index (χ2n) is 9.76. The normalized spacial score (nSPS) is 17.7. The number of halogens is 3. The Morgan fingerprint density at radius 2 is 1.70 bits per heavy atom. The van der Waals surface area contributed by atoms with Crippen LogP contribution in [0.25, 0.3) is 0 Å². The van der Waals surface area contributed by atoms with Crippen molar-refractivity contribution in [1.82, 2.24) is 16.0 Å². The fourth-order valence-corrected chi connectivity index (χ4v) is 5.01. The highest BCUT2D eigenvalue weighted by molar-refractivity contribution is 9.10. The number of amides is 4. The molecule has 0 aliphatic heterocycles. The van der Waals surface area contributed by atoms with E-state index in [4.69, 9.17) is 47.9 Å². The molecule has 0 radical (unpaired) electrons. The van der Waals surface area contributed by atoms with Gasteiger partial charge in [-0.3, -0.25) is 9.59 Å². The first-order valence-electron chi connectivity index (χ1n) is 13.9. The maximum Gasteiger partial charge on any atom is 0.407 e. The number of alkyl carbamates (subject to hydrolysis) is 2. The number of hydrogen-bond donors (Lipinski definition) is 4. The third kappa shape index (κ3) is 10.7. The fraction of sp³-hybridized carbons (Fsp3) is 0.367. The third-order valence-corrected chi connectivity index (χ3v) is 7.57. The summed E-state index contributed by atoms with van der Waals surface area (Å²) in [5.74, 6) is -0.401. The number of hydrogen-bond acceptors (Lipinski definition) is 9. The number of methoxy groups -OCH3 is 1. The Labute approximate surface area is 283 Å². The molecule has 4 atom stereocenters. The number of nitrogens with zero attached hydrogens (tertiary/aromatic N) is 1. The zero-order chi connectivity index (χ0) is 33.6. The number of carbonyl (C=O) groups excluding carboxylic acids is 4. The van der Waals surface area contributed by atoms with Crippen molar-refractivity contribution >= 4 is 63.1 Å². The van der Waals surface area contributed by atoms with Crippen LogP contribution in [0.5, 0.6) is 11.5 Å². The summed E-state index contributed by atoms with van der Waals surface area (Å²) in [5, 5.41) is 16.8. The lowest BCUT2D eigenvalue weighted by Gasteiger charge is -2.36. The van der Waals surface area contributed by atoms with Gasteiger partial charge in [0.25, 0.3) is 0 Å². The van der Waals surface area contributed by atoms with E-state index in [1.807, 2.05) is 6.07 Å². The second kappa shape index (κ2) is 18.1. The number of nitrogens with two attached hydrogens (primary N) is 1. The van der Waals surface area contributed by atoms with E-state index >= 15 is 0 Å². The number of nitriles is 1. The van der Waals surface area contributed by atoms with Crippen LogP contribution in [0, 0.1) is 11.3 Å². The van der Waals surface area contributed by atoms with Gasteiger partial charge in [0.1, 0.15) is 23.6 Å². The first-order valence-corrected chi connectivity index (χ1v) is 15.8. The summed E-state index contributed by atoms with van der Waals surface area (Å²) in [6, 6.07) is 12.3. The van der Waals surface area contributed by atoms with E-state index in [1.165, 1.54) is 31.4 Å². The molecule has 2 aromatic carbocycles. The van der Waals surface area contributed by atoms with Crippen LogP contribution >= 0.6 is 39.1 Å². The Morgan fingerprint density at radius 1 is 1.04 bits per heavy atom. The number of rotatable bonds is 14. The van der Waals surface area contributed by atoms with Gasteiger partial charge in [0.15, 0.2) is 12.2 Å². The molecule has 0 bridgehead atoms. The van der Waals surface area contributed by atoms with Crippen molar-refractivity contribution in [1.29, 1.82) is 5.26 Å². The van der Waals surface area contributed by atoms with Gasteiger partial charge in [-0.1, -0.05) is 12.1 Å². The highest BCUT2D eigenvalue weighted by atomic mass is 79.9. The van der Waals surface area contributed by atoms with Gasteiger partial charge < -0.3 is 40.6 Å². The molecule has 0 fully saturated rings. The summed E-state index contributed by atoms with van der Waals surface area (Å²) in [6.45, 7) is 0.176. The van der Waals surface area contributed by atoms with Crippen LogP contribution in [0.1, 0.15) is 17.5 Å². The molecule has 1 aliphatic rings. The number of primary amides is 1. The van der Waals surface area contributed by atoms with Gasteiger partial charge >= 0.3 is 12.2 Å². The van der Waals surface area contributed by atoms with Gasteiger partial charge in [-0.05, 0) is 57.9 Å². The minimum absolute atomic E-state index is 0.0620. The average Bonchev–Trinajstić information content (AvgIpc) is 3.04. The molecule has 3 rings (SSSR count). The Kier molecular flexibility index (Phi) is 14.3. The van der Waals surface area contributed by atoms with Crippen molar-refractivity contribution in [2.45, 2.75) is 37.2 Å². The summed E-state index contributed by atoms with van der Waals surface area (Å²) in [4.78, 5) is 51.2. The topological polar surface area (TPSA) is 191 Å². The predicted molar refractivity (Wildman–Crippen MR) is 172 cm³/mol. The highest BCUT2D eigenvalue weighted by Gasteiger charge is 2.42. The van der Waals surface area contributed by atoms with Crippen LogP contribution in [0.2, 0.25) is 0 Å². The molecule has 0 heterocycles. The fourth-order valence-electron chi connectivity index (χ4n) is 4.35. The van der Waals surface area contributed by atoms with Crippen molar-refractivity contribution in [3.05, 3.63) is 69.7 Å².